The fourth-order valence-corrected chi connectivity index (χ4v) is 2.84. The molecule has 1 heterocycles. The molecule has 0 saturated carbocycles. The molecule has 0 spiro atoms. The number of aromatic nitrogens is 2. The number of rotatable bonds is 8. The summed E-state index contributed by atoms with van der Waals surface area (Å²) in [6, 6.07) is 15.3. The summed E-state index contributed by atoms with van der Waals surface area (Å²) in [5, 5.41) is 11.1. The number of ether oxygens (including phenoxy) is 3. The number of methoxy groups -OCH3 is 3. The lowest BCUT2D eigenvalue weighted by Crippen LogP contribution is -2.30. The first-order chi connectivity index (χ1) is 14.7. The van der Waals surface area contributed by atoms with Crippen molar-refractivity contribution < 1.29 is 14.2 Å². The van der Waals surface area contributed by atoms with Gasteiger partial charge in [0.2, 0.25) is 0 Å². The van der Waals surface area contributed by atoms with E-state index in [4.69, 9.17) is 14.2 Å². The van der Waals surface area contributed by atoms with Gasteiger partial charge in [-0.2, -0.15) is 5.10 Å². The van der Waals surface area contributed by atoms with Gasteiger partial charge in [0.15, 0.2) is 17.5 Å². The van der Waals surface area contributed by atoms with Crippen molar-refractivity contribution in [2.45, 2.75) is 13.5 Å². The zero-order chi connectivity index (χ0) is 21.3. The molecule has 30 heavy (non-hydrogen) atoms. The Labute approximate surface area is 176 Å². The van der Waals surface area contributed by atoms with Crippen LogP contribution in [0.2, 0.25) is 0 Å². The van der Waals surface area contributed by atoms with Crippen LogP contribution in [0, 0.1) is 0 Å². The molecule has 2 aromatic carbocycles. The lowest BCUT2D eigenvalue weighted by Gasteiger charge is -2.13. The van der Waals surface area contributed by atoms with Crippen molar-refractivity contribution in [2.24, 2.45) is 4.99 Å². The molecular weight excluding hydrogens is 382 g/mol. The average Bonchev–Trinajstić information content (AvgIpc) is 3.26. The highest BCUT2D eigenvalue weighted by molar-refractivity contribution is 5.93. The van der Waals surface area contributed by atoms with Gasteiger partial charge in [0.1, 0.15) is 5.75 Å². The zero-order valence-corrected chi connectivity index (χ0v) is 17.7. The van der Waals surface area contributed by atoms with Crippen LogP contribution in [0.3, 0.4) is 0 Å². The minimum Gasteiger partial charge on any atom is -0.497 e. The SMILES string of the molecule is CCNC(=NCc1ccn(-c2ccc(OC)cc2)n1)Nc1ccc(OC)c(OC)c1. The van der Waals surface area contributed by atoms with Crippen LogP contribution in [0.5, 0.6) is 17.2 Å². The fourth-order valence-electron chi connectivity index (χ4n) is 2.84. The van der Waals surface area contributed by atoms with Crippen molar-refractivity contribution >= 4 is 11.6 Å². The Hall–Kier alpha value is -3.68. The van der Waals surface area contributed by atoms with Crippen molar-refractivity contribution in [2.75, 3.05) is 33.2 Å². The third-order valence-electron chi connectivity index (χ3n) is 4.37. The minimum atomic E-state index is 0.436. The van der Waals surface area contributed by atoms with Crippen LogP contribution in [-0.4, -0.2) is 43.6 Å². The molecule has 0 aliphatic heterocycles. The molecule has 0 fully saturated rings. The van der Waals surface area contributed by atoms with E-state index in [1.165, 1.54) is 0 Å². The maximum absolute atomic E-state index is 5.36. The van der Waals surface area contributed by atoms with E-state index in [0.717, 1.165) is 29.4 Å². The number of hydrogen-bond donors (Lipinski definition) is 2. The first-order valence-corrected chi connectivity index (χ1v) is 9.63. The monoisotopic (exact) mass is 409 g/mol. The first-order valence-electron chi connectivity index (χ1n) is 9.63. The smallest absolute Gasteiger partial charge is 0.196 e. The van der Waals surface area contributed by atoms with Crippen LogP contribution >= 0.6 is 0 Å². The molecule has 0 bridgehead atoms. The normalized spacial score (nSPS) is 11.1. The fraction of sp³-hybridized carbons (Fsp3) is 0.273. The Bertz CT molecular complexity index is 983. The number of hydrogen-bond acceptors (Lipinski definition) is 5. The van der Waals surface area contributed by atoms with Crippen LogP contribution < -0.4 is 24.8 Å². The minimum absolute atomic E-state index is 0.436. The molecular formula is C22H27N5O3. The van der Waals surface area contributed by atoms with Gasteiger partial charge in [-0.3, -0.25) is 0 Å². The summed E-state index contributed by atoms with van der Waals surface area (Å²) in [4.78, 5) is 4.64. The predicted molar refractivity (Wildman–Crippen MR) is 118 cm³/mol. The molecule has 3 rings (SSSR count). The van der Waals surface area contributed by atoms with E-state index in [1.807, 2.05) is 66.3 Å². The summed E-state index contributed by atoms with van der Waals surface area (Å²) in [5.74, 6) is 2.79. The van der Waals surface area contributed by atoms with Crippen LogP contribution in [-0.2, 0) is 6.54 Å². The summed E-state index contributed by atoms with van der Waals surface area (Å²) >= 11 is 0. The van der Waals surface area contributed by atoms with Crippen LogP contribution in [0.25, 0.3) is 5.69 Å². The van der Waals surface area contributed by atoms with Gasteiger partial charge in [0, 0.05) is 24.5 Å². The number of nitrogens with one attached hydrogen (secondary N) is 2. The molecule has 3 aromatic rings. The Morgan fingerprint density at radius 3 is 2.40 bits per heavy atom. The van der Waals surface area contributed by atoms with Gasteiger partial charge < -0.3 is 24.8 Å². The second-order valence-corrected chi connectivity index (χ2v) is 6.34. The highest BCUT2D eigenvalue weighted by Gasteiger charge is 2.07. The summed E-state index contributed by atoms with van der Waals surface area (Å²) in [7, 11) is 4.87. The lowest BCUT2D eigenvalue weighted by molar-refractivity contribution is 0.355. The van der Waals surface area contributed by atoms with Crippen molar-refractivity contribution in [3.8, 4) is 22.9 Å². The number of benzene rings is 2. The third-order valence-corrected chi connectivity index (χ3v) is 4.37. The highest BCUT2D eigenvalue weighted by atomic mass is 16.5. The van der Waals surface area contributed by atoms with E-state index < -0.39 is 0 Å². The zero-order valence-electron chi connectivity index (χ0n) is 17.7. The van der Waals surface area contributed by atoms with E-state index in [1.54, 1.807) is 21.3 Å². The van der Waals surface area contributed by atoms with Crippen molar-refractivity contribution in [1.82, 2.24) is 15.1 Å². The number of nitrogens with zero attached hydrogens (tertiary/aromatic N) is 3. The molecule has 8 heteroatoms. The van der Waals surface area contributed by atoms with Gasteiger partial charge >= 0.3 is 0 Å². The molecule has 158 valence electrons. The van der Waals surface area contributed by atoms with Gasteiger partial charge in [0.25, 0.3) is 0 Å². The van der Waals surface area contributed by atoms with Crippen molar-refractivity contribution in [1.29, 1.82) is 0 Å². The van der Waals surface area contributed by atoms with Crippen LogP contribution in [0.15, 0.2) is 59.7 Å². The summed E-state index contributed by atoms with van der Waals surface area (Å²) in [6.45, 7) is 3.19. The molecule has 0 saturated heterocycles. The Morgan fingerprint density at radius 1 is 0.967 bits per heavy atom. The maximum Gasteiger partial charge on any atom is 0.196 e. The Kier molecular flexibility index (Phi) is 7.15. The maximum atomic E-state index is 5.36. The summed E-state index contributed by atoms with van der Waals surface area (Å²) in [5.41, 5.74) is 2.66. The van der Waals surface area contributed by atoms with E-state index in [9.17, 15) is 0 Å². The molecule has 8 nitrogen and oxygen atoms in total. The topological polar surface area (TPSA) is 81.9 Å². The molecule has 0 aliphatic rings. The van der Waals surface area contributed by atoms with E-state index in [-0.39, 0.29) is 0 Å². The molecule has 1 aromatic heterocycles. The molecule has 0 atom stereocenters. The van der Waals surface area contributed by atoms with Gasteiger partial charge in [-0.15, -0.1) is 0 Å². The quantitative estimate of drug-likeness (QED) is 0.438. The van der Waals surface area contributed by atoms with E-state index in [2.05, 4.69) is 20.7 Å². The standard InChI is InChI=1S/C22H27N5O3/c1-5-23-22(25-16-6-11-20(29-3)21(14-16)30-4)24-15-17-12-13-27(26-17)18-7-9-19(28-2)10-8-18/h6-14H,5,15H2,1-4H3,(H2,23,24,25). The Balaban J connectivity index is 1.71. The second-order valence-electron chi connectivity index (χ2n) is 6.34. The van der Waals surface area contributed by atoms with Crippen molar-refractivity contribution in [3.63, 3.8) is 0 Å². The number of aliphatic imine (C=N–C) groups is 1. The molecule has 0 amide bonds. The lowest BCUT2D eigenvalue weighted by atomic mass is 10.3. The third kappa shape index (κ3) is 5.22. The molecule has 0 aliphatic carbocycles. The highest BCUT2D eigenvalue weighted by Crippen LogP contribution is 2.29. The largest absolute Gasteiger partial charge is 0.497 e. The summed E-state index contributed by atoms with van der Waals surface area (Å²) < 4.78 is 17.7. The van der Waals surface area contributed by atoms with E-state index in [0.29, 0.717) is 24.0 Å². The number of anilines is 1. The number of guanidine groups is 1. The van der Waals surface area contributed by atoms with Crippen LogP contribution in [0.1, 0.15) is 12.6 Å². The molecule has 0 unspecified atom stereocenters. The Morgan fingerprint density at radius 2 is 1.73 bits per heavy atom. The molecule has 0 radical (unpaired) electrons. The predicted octanol–water partition coefficient (Wildman–Crippen LogP) is 3.48. The van der Waals surface area contributed by atoms with E-state index >= 15 is 0 Å². The van der Waals surface area contributed by atoms with Gasteiger partial charge in [-0.1, -0.05) is 0 Å². The van der Waals surface area contributed by atoms with Gasteiger partial charge in [-0.25, -0.2) is 9.67 Å². The van der Waals surface area contributed by atoms with Gasteiger partial charge in [0.05, 0.1) is 39.3 Å². The average molecular weight is 409 g/mol. The van der Waals surface area contributed by atoms with Gasteiger partial charge in [-0.05, 0) is 49.4 Å². The second kappa shape index (κ2) is 10.2. The van der Waals surface area contributed by atoms with Crippen LogP contribution in [0.4, 0.5) is 5.69 Å². The first kappa shape index (κ1) is 21.0. The van der Waals surface area contributed by atoms with Crippen molar-refractivity contribution in [3.05, 3.63) is 60.4 Å². The summed E-state index contributed by atoms with van der Waals surface area (Å²) in [6.07, 6.45) is 1.92. The molecule has 2 N–H and O–H groups in total.